The summed E-state index contributed by atoms with van der Waals surface area (Å²) in [5.74, 6) is -0.589. The fraction of sp³-hybridized carbons (Fsp3) is 0.364. The highest BCUT2D eigenvalue weighted by Crippen LogP contribution is 2.17. The van der Waals surface area contributed by atoms with Gasteiger partial charge in [0.25, 0.3) is 0 Å². The molecule has 5 heteroatoms. The van der Waals surface area contributed by atoms with Gasteiger partial charge in [0.2, 0.25) is 5.91 Å². The number of carbonyl (C=O) groups is 1. The molecule has 1 amide bonds. The maximum atomic E-state index is 12.9. The van der Waals surface area contributed by atoms with Gasteiger partial charge in [-0.25, -0.2) is 9.45 Å². The van der Waals surface area contributed by atoms with E-state index in [4.69, 9.17) is 16.4 Å². The Morgan fingerprint density at radius 2 is 2.25 bits per heavy atom. The van der Waals surface area contributed by atoms with E-state index in [0.29, 0.717) is 12.8 Å². The minimum atomic E-state index is -0.453. The van der Waals surface area contributed by atoms with Crippen LogP contribution in [0.5, 0.6) is 0 Å². The molecule has 0 saturated carbocycles. The van der Waals surface area contributed by atoms with Crippen molar-refractivity contribution < 1.29 is 14.0 Å². The molecule has 0 fully saturated rings. The Kier molecular flexibility index (Phi) is 4.71. The smallest absolute Gasteiger partial charge is 0.246 e. The molecule has 0 bridgehead atoms. The molecule has 0 radical (unpaired) electrons. The van der Waals surface area contributed by atoms with Crippen molar-refractivity contribution in [3.05, 3.63) is 34.6 Å². The third-order valence-electron chi connectivity index (χ3n) is 2.24. The van der Waals surface area contributed by atoms with E-state index < -0.39 is 5.82 Å². The van der Waals surface area contributed by atoms with E-state index >= 15 is 0 Å². The zero-order valence-electron chi connectivity index (χ0n) is 9.17. The van der Waals surface area contributed by atoms with Crippen molar-refractivity contribution in [3.63, 3.8) is 0 Å². The highest BCUT2D eigenvalue weighted by molar-refractivity contribution is 6.30. The molecule has 0 unspecified atom stereocenters. The number of carbonyl (C=O) groups excluding carboxylic acids is 1. The second kappa shape index (κ2) is 5.82. The SMILES string of the molecule is CON(C)C(=O)CCc1ccc(F)c(Cl)c1. The van der Waals surface area contributed by atoms with Crippen molar-refractivity contribution in [1.29, 1.82) is 0 Å². The number of halogens is 2. The van der Waals surface area contributed by atoms with Gasteiger partial charge in [-0.05, 0) is 24.1 Å². The standard InChI is InChI=1S/C11H13ClFNO2/c1-14(16-2)11(15)6-4-8-3-5-10(13)9(12)7-8/h3,5,7H,4,6H2,1-2H3. The summed E-state index contributed by atoms with van der Waals surface area (Å²) in [5.41, 5.74) is 0.823. The summed E-state index contributed by atoms with van der Waals surface area (Å²) in [6.07, 6.45) is 0.804. The highest BCUT2D eigenvalue weighted by atomic mass is 35.5. The van der Waals surface area contributed by atoms with Crippen molar-refractivity contribution in [2.45, 2.75) is 12.8 Å². The first-order valence-electron chi connectivity index (χ1n) is 4.79. The summed E-state index contributed by atoms with van der Waals surface area (Å²) in [5, 5.41) is 1.23. The minimum Gasteiger partial charge on any atom is -0.275 e. The number of nitrogens with zero attached hydrogens (tertiary/aromatic N) is 1. The number of aryl methyl sites for hydroxylation is 1. The third-order valence-corrected chi connectivity index (χ3v) is 2.53. The molecule has 0 heterocycles. The zero-order valence-corrected chi connectivity index (χ0v) is 9.92. The second-order valence-corrected chi connectivity index (χ2v) is 3.73. The first kappa shape index (κ1) is 12.9. The lowest BCUT2D eigenvalue weighted by atomic mass is 10.1. The molecule has 1 rings (SSSR count). The maximum Gasteiger partial charge on any atom is 0.246 e. The van der Waals surface area contributed by atoms with Crippen LogP contribution in [-0.4, -0.2) is 25.1 Å². The lowest BCUT2D eigenvalue weighted by Gasteiger charge is -2.13. The Bertz CT molecular complexity index is 384. The van der Waals surface area contributed by atoms with Gasteiger partial charge in [0.05, 0.1) is 12.1 Å². The molecule has 3 nitrogen and oxygen atoms in total. The van der Waals surface area contributed by atoms with Gasteiger partial charge in [-0.15, -0.1) is 0 Å². The van der Waals surface area contributed by atoms with Crippen LogP contribution >= 0.6 is 11.6 Å². The summed E-state index contributed by atoms with van der Waals surface area (Å²) < 4.78 is 12.9. The second-order valence-electron chi connectivity index (χ2n) is 3.32. The number of hydrogen-bond acceptors (Lipinski definition) is 2. The van der Waals surface area contributed by atoms with E-state index in [2.05, 4.69) is 0 Å². The Balaban J connectivity index is 2.55. The fourth-order valence-electron chi connectivity index (χ4n) is 1.21. The maximum absolute atomic E-state index is 12.9. The molecule has 0 aliphatic heterocycles. The van der Waals surface area contributed by atoms with Gasteiger partial charge >= 0.3 is 0 Å². The molecule has 0 N–H and O–H groups in total. The molecule has 0 aliphatic rings. The van der Waals surface area contributed by atoms with Gasteiger partial charge < -0.3 is 0 Å². The van der Waals surface area contributed by atoms with Crippen LogP contribution in [-0.2, 0) is 16.1 Å². The zero-order chi connectivity index (χ0) is 12.1. The predicted molar refractivity (Wildman–Crippen MR) is 59.5 cm³/mol. The van der Waals surface area contributed by atoms with Gasteiger partial charge in [0.1, 0.15) is 5.82 Å². The lowest BCUT2D eigenvalue weighted by Crippen LogP contribution is -2.25. The van der Waals surface area contributed by atoms with E-state index in [1.807, 2.05) is 0 Å². The summed E-state index contributed by atoms with van der Waals surface area (Å²) in [4.78, 5) is 16.1. The monoisotopic (exact) mass is 245 g/mol. The average molecular weight is 246 g/mol. The molecule has 16 heavy (non-hydrogen) atoms. The van der Waals surface area contributed by atoms with Gasteiger partial charge in [-0.1, -0.05) is 17.7 Å². The summed E-state index contributed by atoms with van der Waals surface area (Å²) in [6, 6.07) is 4.43. The van der Waals surface area contributed by atoms with Crippen molar-refractivity contribution in [2.75, 3.05) is 14.2 Å². The van der Waals surface area contributed by atoms with E-state index in [0.717, 1.165) is 10.6 Å². The number of amides is 1. The van der Waals surface area contributed by atoms with Crippen molar-refractivity contribution in [3.8, 4) is 0 Å². The number of hydrogen-bond donors (Lipinski definition) is 0. The number of benzene rings is 1. The normalized spacial score (nSPS) is 10.2. The first-order valence-corrected chi connectivity index (χ1v) is 5.17. The Morgan fingerprint density at radius 3 is 2.81 bits per heavy atom. The Morgan fingerprint density at radius 1 is 1.56 bits per heavy atom. The van der Waals surface area contributed by atoms with E-state index in [1.165, 1.54) is 19.2 Å². The Hall–Kier alpha value is -1.13. The van der Waals surface area contributed by atoms with E-state index in [9.17, 15) is 9.18 Å². The van der Waals surface area contributed by atoms with E-state index in [1.54, 1.807) is 13.1 Å². The summed E-state index contributed by atoms with van der Waals surface area (Å²) in [6.45, 7) is 0. The molecule has 0 aromatic heterocycles. The van der Waals surface area contributed by atoms with Crippen molar-refractivity contribution in [1.82, 2.24) is 5.06 Å². The van der Waals surface area contributed by atoms with Gasteiger partial charge in [0, 0.05) is 13.5 Å². The van der Waals surface area contributed by atoms with Crippen LogP contribution < -0.4 is 0 Å². The largest absolute Gasteiger partial charge is 0.275 e. The minimum absolute atomic E-state index is 0.0741. The molecular formula is C11H13ClFNO2. The van der Waals surface area contributed by atoms with E-state index in [-0.39, 0.29) is 10.9 Å². The van der Waals surface area contributed by atoms with Crippen molar-refractivity contribution in [2.24, 2.45) is 0 Å². The average Bonchev–Trinajstić information content (AvgIpc) is 2.29. The predicted octanol–water partition coefficient (Wildman–Crippen LogP) is 2.43. The first-order chi connectivity index (χ1) is 7.54. The fourth-order valence-corrected chi connectivity index (χ4v) is 1.41. The molecular weight excluding hydrogens is 233 g/mol. The van der Waals surface area contributed by atoms with Crippen LogP contribution in [0.3, 0.4) is 0 Å². The summed E-state index contributed by atoms with van der Waals surface area (Å²) in [7, 11) is 2.96. The molecule has 1 aromatic rings. The van der Waals surface area contributed by atoms with Gasteiger partial charge in [-0.3, -0.25) is 9.63 Å². The van der Waals surface area contributed by atoms with Crippen LogP contribution in [0, 0.1) is 5.82 Å². The molecule has 0 aliphatic carbocycles. The van der Waals surface area contributed by atoms with Gasteiger partial charge in [0.15, 0.2) is 0 Å². The molecule has 0 saturated heterocycles. The summed E-state index contributed by atoms with van der Waals surface area (Å²) >= 11 is 5.62. The lowest BCUT2D eigenvalue weighted by molar-refractivity contribution is -0.168. The van der Waals surface area contributed by atoms with Crippen LogP contribution in [0.25, 0.3) is 0 Å². The van der Waals surface area contributed by atoms with Crippen LogP contribution in [0.1, 0.15) is 12.0 Å². The number of rotatable bonds is 4. The van der Waals surface area contributed by atoms with Crippen LogP contribution in [0.15, 0.2) is 18.2 Å². The highest BCUT2D eigenvalue weighted by Gasteiger charge is 2.08. The molecule has 88 valence electrons. The van der Waals surface area contributed by atoms with Gasteiger partial charge in [-0.2, -0.15) is 0 Å². The molecule has 1 aromatic carbocycles. The molecule has 0 atom stereocenters. The quantitative estimate of drug-likeness (QED) is 0.763. The Labute approximate surface area is 98.7 Å². The number of hydroxylamine groups is 2. The molecule has 0 spiro atoms. The topological polar surface area (TPSA) is 29.5 Å². The third kappa shape index (κ3) is 3.47. The van der Waals surface area contributed by atoms with Crippen molar-refractivity contribution >= 4 is 17.5 Å². The van der Waals surface area contributed by atoms with Crippen LogP contribution in [0.4, 0.5) is 4.39 Å². The van der Waals surface area contributed by atoms with Crippen LogP contribution in [0.2, 0.25) is 5.02 Å².